The monoisotopic (exact) mass is 285 g/mol. The highest BCUT2D eigenvalue weighted by Crippen LogP contribution is 2.36. The van der Waals surface area contributed by atoms with E-state index < -0.39 is 0 Å². The predicted octanol–water partition coefficient (Wildman–Crippen LogP) is 3.01. The second-order valence-electron chi connectivity index (χ2n) is 6.46. The van der Waals surface area contributed by atoms with Gasteiger partial charge in [0.15, 0.2) is 0 Å². The molecule has 0 spiro atoms. The molecule has 0 amide bonds. The zero-order chi connectivity index (χ0) is 15.0. The second-order valence-corrected chi connectivity index (χ2v) is 6.46. The van der Waals surface area contributed by atoms with Gasteiger partial charge in [0.25, 0.3) is 0 Å². The highest BCUT2D eigenvalue weighted by molar-refractivity contribution is 5.86. The van der Waals surface area contributed by atoms with E-state index in [2.05, 4.69) is 54.8 Å². The highest BCUT2D eigenvalue weighted by atomic mass is 15.1. The van der Waals surface area contributed by atoms with Gasteiger partial charge in [-0.15, -0.1) is 0 Å². The molecule has 1 aliphatic rings. The molecule has 114 valence electrons. The number of aromatic nitrogens is 1. The fourth-order valence-electron chi connectivity index (χ4n) is 4.09. The van der Waals surface area contributed by atoms with Gasteiger partial charge in [-0.2, -0.15) is 0 Å². The molecule has 2 N–H and O–H groups in total. The van der Waals surface area contributed by atoms with Crippen molar-refractivity contribution in [2.45, 2.75) is 38.1 Å². The van der Waals surface area contributed by atoms with Gasteiger partial charge in [0, 0.05) is 42.1 Å². The van der Waals surface area contributed by atoms with Crippen LogP contribution in [0.5, 0.6) is 0 Å². The number of piperidine rings is 1. The van der Waals surface area contributed by atoms with Gasteiger partial charge < -0.3 is 15.2 Å². The minimum absolute atomic E-state index is 0.432. The van der Waals surface area contributed by atoms with Gasteiger partial charge in [-0.3, -0.25) is 0 Å². The fourth-order valence-corrected chi connectivity index (χ4v) is 4.09. The van der Waals surface area contributed by atoms with Gasteiger partial charge in [-0.05, 0) is 45.0 Å². The molecule has 3 heteroatoms. The summed E-state index contributed by atoms with van der Waals surface area (Å²) in [6, 6.07) is 9.31. The lowest BCUT2D eigenvalue weighted by molar-refractivity contribution is 0.160. The Bertz CT molecular complexity index is 629. The Kier molecular flexibility index (Phi) is 4.05. The summed E-state index contributed by atoms with van der Waals surface area (Å²) in [5.74, 6) is 0.432. The molecule has 3 rings (SSSR count). The molecule has 2 atom stereocenters. The van der Waals surface area contributed by atoms with Crippen LogP contribution in [-0.4, -0.2) is 35.6 Å². The molecule has 2 aromatic rings. The number of likely N-dealkylation sites (N-methyl/N-ethyl adjacent to an activating group) is 1. The van der Waals surface area contributed by atoms with Crippen molar-refractivity contribution < 1.29 is 0 Å². The summed E-state index contributed by atoms with van der Waals surface area (Å²) in [6.07, 6.45) is 3.91. The Morgan fingerprint density at radius 3 is 2.71 bits per heavy atom. The number of nitrogens with zero attached hydrogens (tertiary/aromatic N) is 2. The zero-order valence-electron chi connectivity index (χ0n) is 13.5. The Hall–Kier alpha value is -1.32. The van der Waals surface area contributed by atoms with Crippen LogP contribution < -0.4 is 5.73 Å². The first-order valence-electron chi connectivity index (χ1n) is 8.09. The Balaban J connectivity index is 2.10. The van der Waals surface area contributed by atoms with Gasteiger partial charge in [0.05, 0.1) is 0 Å². The Labute approximate surface area is 127 Å². The fraction of sp³-hybridized carbons (Fsp3) is 0.556. The summed E-state index contributed by atoms with van der Waals surface area (Å²) in [6.45, 7) is 4.16. The van der Waals surface area contributed by atoms with Crippen LogP contribution >= 0.6 is 0 Å². The molecule has 2 unspecified atom stereocenters. The van der Waals surface area contributed by atoms with Crippen molar-refractivity contribution in [3.8, 4) is 0 Å². The van der Waals surface area contributed by atoms with Crippen molar-refractivity contribution >= 4 is 10.9 Å². The SMILES string of the molecule is Cc1c(C(CN)C2CCCCN2C)c2ccccc2n1C. The maximum Gasteiger partial charge on any atom is 0.0482 e. The van der Waals surface area contributed by atoms with Crippen LogP contribution in [0.1, 0.15) is 36.4 Å². The molecule has 21 heavy (non-hydrogen) atoms. The summed E-state index contributed by atoms with van der Waals surface area (Å²) in [7, 11) is 4.42. The molecule has 0 bridgehead atoms. The van der Waals surface area contributed by atoms with E-state index in [9.17, 15) is 0 Å². The first-order chi connectivity index (χ1) is 10.1. The first-order valence-corrected chi connectivity index (χ1v) is 8.09. The summed E-state index contributed by atoms with van der Waals surface area (Å²) in [5.41, 5.74) is 10.4. The molecule has 1 aliphatic heterocycles. The number of hydrogen-bond donors (Lipinski definition) is 1. The first kappa shape index (κ1) is 14.6. The van der Waals surface area contributed by atoms with Crippen molar-refractivity contribution in [1.82, 2.24) is 9.47 Å². The zero-order valence-corrected chi connectivity index (χ0v) is 13.5. The van der Waals surface area contributed by atoms with Gasteiger partial charge >= 0.3 is 0 Å². The standard InChI is InChI=1S/C18H27N3/c1-13-18(14-8-4-5-10-17(14)21(13)3)15(12-19)16-9-6-7-11-20(16)2/h4-5,8,10,15-16H,6-7,9,11-12,19H2,1-3H3. The topological polar surface area (TPSA) is 34.2 Å². The number of para-hydroxylation sites is 1. The minimum Gasteiger partial charge on any atom is -0.348 e. The Morgan fingerprint density at radius 2 is 2.00 bits per heavy atom. The number of fused-ring (bicyclic) bond motifs is 1. The summed E-state index contributed by atoms with van der Waals surface area (Å²) in [5, 5.41) is 1.38. The number of likely N-dealkylation sites (tertiary alicyclic amines) is 1. The average Bonchev–Trinajstić information content (AvgIpc) is 2.75. The van der Waals surface area contributed by atoms with Crippen LogP contribution in [0.3, 0.4) is 0 Å². The minimum atomic E-state index is 0.432. The third kappa shape index (κ3) is 2.39. The van der Waals surface area contributed by atoms with E-state index in [0.717, 1.165) is 6.54 Å². The molecule has 0 aliphatic carbocycles. The quantitative estimate of drug-likeness (QED) is 0.940. The molecule has 0 saturated carbocycles. The van der Waals surface area contributed by atoms with E-state index in [0.29, 0.717) is 12.0 Å². The summed E-state index contributed by atoms with van der Waals surface area (Å²) >= 11 is 0. The van der Waals surface area contributed by atoms with Crippen molar-refractivity contribution in [1.29, 1.82) is 0 Å². The number of nitrogens with two attached hydrogens (primary N) is 1. The van der Waals surface area contributed by atoms with E-state index >= 15 is 0 Å². The molecular formula is C18H27N3. The van der Waals surface area contributed by atoms with Crippen LogP contribution in [0.4, 0.5) is 0 Å². The lowest BCUT2D eigenvalue weighted by Gasteiger charge is -2.38. The molecule has 0 radical (unpaired) electrons. The molecule has 1 aromatic carbocycles. The van der Waals surface area contributed by atoms with E-state index in [-0.39, 0.29) is 0 Å². The average molecular weight is 285 g/mol. The van der Waals surface area contributed by atoms with Crippen molar-refractivity contribution in [3.63, 3.8) is 0 Å². The smallest absolute Gasteiger partial charge is 0.0482 e. The third-order valence-electron chi connectivity index (χ3n) is 5.36. The lowest BCUT2D eigenvalue weighted by Crippen LogP contribution is -2.43. The van der Waals surface area contributed by atoms with Gasteiger partial charge in [0.2, 0.25) is 0 Å². The van der Waals surface area contributed by atoms with Crippen LogP contribution in [0, 0.1) is 6.92 Å². The van der Waals surface area contributed by atoms with Crippen LogP contribution in [0.25, 0.3) is 10.9 Å². The largest absolute Gasteiger partial charge is 0.348 e. The van der Waals surface area contributed by atoms with Crippen molar-refractivity contribution in [2.24, 2.45) is 12.8 Å². The van der Waals surface area contributed by atoms with Crippen LogP contribution in [-0.2, 0) is 7.05 Å². The number of rotatable bonds is 3. The maximum absolute atomic E-state index is 6.23. The predicted molar refractivity (Wildman–Crippen MR) is 89.7 cm³/mol. The summed E-state index contributed by atoms with van der Waals surface area (Å²) in [4.78, 5) is 2.52. The van der Waals surface area contributed by atoms with Gasteiger partial charge in [-0.25, -0.2) is 0 Å². The van der Waals surface area contributed by atoms with Gasteiger partial charge in [-0.1, -0.05) is 24.6 Å². The van der Waals surface area contributed by atoms with Crippen LogP contribution in [0.2, 0.25) is 0 Å². The third-order valence-corrected chi connectivity index (χ3v) is 5.36. The molecule has 2 heterocycles. The molecule has 1 fully saturated rings. The number of benzene rings is 1. The highest BCUT2D eigenvalue weighted by Gasteiger charge is 2.31. The van der Waals surface area contributed by atoms with E-state index in [1.54, 1.807) is 0 Å². The van der Waals surface area contributed by atoms with Crippen LogP contribution in [0.15, 0.2) is 24.3 Å². The van der Waals surface area contributed by atoms with Crippen molar-refractivity contribution in [3.05, 3.63) is 35.5 Å². The second kappa shape index (κ2) is 5.82. The van der Waals surface area contributed by atoms with Crippen molar-refractivity contribution in [2.75, 3.05) is 20.1 Å². The molecular weight excluding hydrogens is 258 g/mol. The van der Waals surface area contributed by atoms with Gasteiger partial charge in [0.1, 0.15) is 0 Å². The number of hydrogen-bond acceptors (Lipinski definition) is 2. The molecule has 1 saturated heterocycles. The van der Waals surface area contributed by atoms with E-state index in [1.165, 1.54) is 48.0 Å². The molecule has 1 aromatic heterocycles. The number of aryl methyl sites for hydroxylation is 1. The lowest BCUT2D eigenvalue weighted by atomic mass is 9.84. The summed E-state index contributed by atoms with van der Waals surface area (Å²) < 4.78 is 2.32. The Morgan fingerprint density at radius 1 is 1.24 bits per heavy atom. The van der Waals surface area contributed by atoms with E-state index in [1.807, 2.05) is 0 Å². The molecule has 3 nitrogen and oxygen atoms in total. The normalized spacial score (nSPS) is 21.8. The van der Waals surface area contributed by atoms with E-state index in [4.69, 9.17) is 5.73 Å². The maximum atomic E-state index is 6.23.